The van der Waals surface area contributed by atoms with E-state index in [0.29, 0.717) is 0 Å². The first kappa shape index (κ1) is 11.1. The third-order valence-corrected chi connectivity index (χ3v) is 1.72. The number of aliphatic hydroxyl groups excluding tert-OH is 2. The first-order chi connectivity index (χ1) is 6.97. The molecule has 0 spiro atoms. The lowest BCUT2D eigenvalue weighted by molar-refractivity contribution is -0.390. The summed E-state index contributed by atoms with van der Waals surface area (Å²) in [6, 6.07) is 1.37. The van der Waals surface area contributed by atoms with E-state index in [1.165, 1.54) is 13.0 Å². The Balaban J connectivity index is 3.14. The molecule has 0 aliphatic heterocycles. The number of hydrogen-bond acceptors (Lipinski definition) is 6. The third kappa shape index (κ3) is 2.09. The average molecular weight is 212 g/mol. The highest BCUT2D eigenvalue weighted by molar-refractivity contribution is 5.31. The van der Waals surface area contributed by atoms with Crippen LogP contribution in [0.5, 0.6) is 0 Å². The molecule has 8 heteroatoms. The number of aromatic nitrogens is 2. The van der Waals surface area contributed by atoms with E-state index in [4.69, 9.17) is 10.4 Å². The lowest BCUT2D eigenvalue weighted by Gasteiger charge is -2.07. The van der Waals surface area contributed by atoms with Crippen LogP contribution in [0, 0.1) is 28.4 Å². The Hall–Kier alpha value is -1.98. The van der Waals surface area contributed by atoms with Crippen molar-refractivity contribution in [3.8, 4) is 6.07 Å². The van der Waals surface area contributed by atoms with Crippen LogP contribution in [0.1, 0.15) is 17.6 Å². The number of aryl methyl sites for hydroxylation is 1. The standard InChI is InChI=1S/C7H8N4O4/c1-3-9-5(6(13)4(12)2-8)7(10-3)11(14)15/h4,6,12-13H,1H3,(H,9,10). The molecule has 0 saturated carbocycles. The fourth-order valence-corrected chi connectivity index (χ4v) is 1.06. The first-order valence-corrected chi connectivity index (χ1v) is 3.94. The van der Waals surface area contributed by atoms with Crippen LogP contribution < -0.4 is 0 Å². The number of nitriles is 1. The number of imidazole rings is 1. The molecule has 0 aliphatic rings. The average Bonchev–Trinajstić information content (AvgIpc) is 2.58. The summed E-state index contributed by atoms with van der Waals surface area (Å²) in [6.45, 7) is 1.46. The van der Waals surface area contributed by atoms with Gasteiger partial charge in [-0.2, -0.15) is 5.26 Å². The normalized spacial score (nSPS) is 14.3. The van der Waals surface area contributed by atoms with Crippen LogP contribution in [0.3, 0.4) is 0 Å². The number of aliphatic hydroxyl groups is 2. The Bertz CT molecular complexity index is 421. The molecule has 1 rings (SSSR count). The number of H-pyrrole nitrogens is 1. The number of rotatable bonds is 3. The molecule has 2 atom stereocenters. The SMILES string of the molecule is Cc1nc(C(O)C(O)C#N)c([N+](=O)[O-])[nH]1. The van der Waals surface area contributed by atoms with Gasteiger partial charge >= 0.3 is 5.82 Å². The maximum Gasteiger partial charge on any atom is 0.346 e. The van der Waals surface area contributed by atoms with E-state index in [0.717, 1.165) is 0 Å². The van der Waals surface area contributed by atoms with Crippen LogP contribution in [0.15, 0.2) is 0 Å². The summed E-state index contributed by atoms with van der Waals surface area (Å²) in [5.41, 5.74) is -0.341. The summed E-state index contributed by atoms with van der Waals surface area (Å²) >= 11 is 0. The van der Waals surface area contributed by atoms with Crippen molar-refractivity contribution < 1.29 is 15.1 Å². The van der Waals surface area contributed by atoms with Gasteiger partial charge < -0.3 is 20.3 Å². The highest BCUT2D eigenvalue weighted by Gasteiger charge is 2.29. The Labute approximate surface area is 84.0 Å². The smallest absolute Gasteiger partial charge is 0.346 e. The Morgan fingerprint density at radius 3 is 2.73 bits per heavy atom. The summed E-state index contributed by atoms with van der Waals surface area (Å²) in [7, 11) is 0. The quantitative estimate of drug-likeness (QED) is 0.352. The lowest BCUT2D eigenvalue weighted by Crippen LogP contribution is -2.17. The van der Waals surface area contributed by atoms with Crippen molar-refractivity contribution in [1.82, 2.24) is 9.97 Å². The minimum Gasteiger partial charge on any atom is -0.383 e. The van der Waals surface area contributed by atoms with Gasteiger partial charge in [0, 0.05) is 6.92 Å². The molecule has 0 amide bonds. The minimum absolute atomic E-state index is 0.223. The van der Waals surface area contributed by atoms with E-state index < -0.39 is 22.9 Å². The van der Waals surface area contributed by atoms with Crippen LogP contribution in [-0.4, -0.2) is 31.2 Å². The van der Waals surface area contributed by atoms with Crippen LogP contribution in [0.2, 0.25) is 0 Å². The van der Waals surface area contributed by atoms with E-state index in [9.17, 15) is 15.2 Å². The van der Waals surface area contributed by atoms with Crippen molar-refractivity contribution in [2.75, 3.05) is 0 Å². The summed E-state index contributed by atoms with van der Waals surface area (Å²) in [5.74, 6) is -0.296. The number of nitrogens with zero attached hydrogens (tertiary/aromatic N) is 3. The van der Waals surface area contributed by atoms with Crippen molar-refractivity contribution in [2.45, 2.75) is 19.1 Å². The Kier molecular flexibility index (Phi) is 2.99. The zero-order valence-corrected chi connectivity index (χ0v) is 7.71. The van der Waals surface area contributed by atoms with Gasteiger partial charge in [0.1, 0.15) is 6.10 Å². The topological polar surface area (TPSA) is 136 Å². The number of nitro groups is 1. The molecular weight excluding hydrogens is 204 g/mol. The van der Waals surface area contributed by atoms with E-state index in [1.54, 1.807) is 0 Å². The molecule has 2 unspecified atom stereocenters. The van der Waals surface area contributed by atoms with Crippen molar-refractivity contribution in [3.63, 3.8) is 0 Å². The van der Waals surface area contributed by atoms with Gasteiger partial charge in [0.15, 0.2) is 17.6 Å². The maximum atomic E-state index is 10.5. The molecule has 0 saturated heterocycles. The molecule has 3 N–H and O–H groups in total. The second-order valence-electron chi connectivity index (χ2n) is 2.83. The van der Waals surface area contributed by atoms with Gasteiger partial charge in [-0.25, -0.2) is 9.97 Å². The van der Waals surface area contributed by atoms with E-state index in [2.05, 4.69) is 9.97 Å². The predicted molar refractivity (Wildman–Crippen MR) is 46.6 cm³/mol. The molecule has 0 bridgehead atoms. The number of aromatic amines is 1. The van der Waals surface area contributed by atoms with Crippen LogP contribution in [-0.2, 0) is 0 Å². The van der Waals surface area contributed by atoms with Crippen LogP contribution in [0.25, 0.3) is 0 Å². The molecule has 15 heavy (non-hydrogen) atoms. The fraction of sp³-hybridized carbons (Fsp3) is 0.429. The zero-order valence-electron chi connectivity index (χ0n) is 7.71. The maximum absolute atomic E-state index is 10.5. The molecule has 1 aromatic rings. The first-order valence-electron chi connectivity index (χ1n) is 3.94. The Morgan fingerprint density at radius 2 is 2.27 bits per heavy atom. The zero-order chi connectivity index (χ0) is 11.6. The van der Waals surface area contributed by atoms with Gasteiger partial charge in [0.05, 0.1) is 6.07 Å². The largest absolute Gasteiger partial charge is 0.383 e. The molecule has 0 aromatic carbocycles. The van der Waals surface area contributed by atoms with Crippen LogP contribution in [0.4, 0.5) is 5.82 Å². The highest BCUT2D eigenvalue weighted by atomic mass is 16.6. The Morgan fingerprint density at radius 1 is 1.67 bits per heavy atom. The summed E-state index contributed by atoms with van der Waals surface area (Å²) in [6.07, 6.45) is -3.44. The summed E-state index contributed by atoms with van der Waals surface area (Å²) < 4.78 is 0. The molecule has 0 fully saturated rings. The predicted octanol–water partition coefficient (Wildman–Crippen LogP) is -0.456. The molecule has 1 aromatic heterocycles. The highest BCUT2D eigenvalue weighted by Crippen LogP contribution is 2.24. The van der Waals surface area contributed by atoms with Gasteiger partial charge in [0.25, 0.3) is 0 Å². The second kappa shape index (κ2) is 4.04. The van der Waals surface area contributed by atoms with Gasteiger partial charge in [0.2, 0.25) is 0 Å². The fourth-order valence-electron chi connectivity index (χ4n) is 1.06. The molecule has 1 heterocycles. The minimum atomic E-state index is -1.74. The van der Waals surface area contributed by atoms with Gasteiger partial charge in [-0.1, -0.05) is 0 Å². The van der Waals surface area contributed by atoms with E-state index in [-0.39, 0.29) is 11.5 Å². The molecule has 0 aliphatic carbocycles. The summed E-state index contributed by atoms with van der Waals surface area (Å²) in [4.78, 5) is 15.7. The molecule has 8 nitrogen and oxygen atoms in total. The number of hydrogen-bond donors (Lipinski definition) is 3. The molecular formula is C7H8N4O4. The molecule has 80 valence electrons. The van der Waals surface area contributed by atoms with E-state index in [1.807, 2.05) is 0 Å². The second-order valence-corrected chi connectivity index (χ2v) is 2.83. The lowest BCUT2D eigenvalue weighted by atomic mass is 10.1. The molecule has 0 radical (unpaired) electrons. The monoisotopic (exact) mass is 212 g/mol. The summed E-state index contributed by atoms with van der Waals surface area (Å²) in [5, 5.41) is 37.2. The third-order valence-electron chi connectivity index (χ3n) is 1.72. The van der Waals surface area contributed by atoms with Crippen LogP contribution >= 0.6 is 0 Å². The van der Waals surface area contributed by atoms with Gasteiger partial charge in [-0.3, -0.25) is 0 Å². The number of nitrogens with one attached hydrogen (secondary N) is 1. The van der Waals surface area contributed by atoms with E-state index >= 15 is 0 Å². The van der Waals surface area contributed by atoms with Gasteiger partial charge in [-0.15, -0.1) is 0 Å². The van der Waals surface area contributed by atoms with Gasteiger partial charge in [-0.05, 0) is 4.92 Å². The van der Waals surface area contributed by atoms with Crippen molar-refractivity contribution >= 4 is 5.82 Å². The van der Waals surface area contributed by atoms with Crippen molar-refractivity contribution in [1.29, 1.82) is 5.26 Å². The van der Waals surface area contributed by atoms with Crippen molar-refractivity contribution in [2.24, 2.45) is 0 Å². The van der Waals surface area contributed by atoms with Crippen molar-refractivity contribution in [3.05, 3.63) is 21.6 Å².